The molecule has 2 aromatic heterocycles. The number of benzene rings is 1. The summed E-state index contributed by atoms with van der Waals surface area (Å²) < 4.78 is 7.61. The van der Waals surface area contributed by atoms with Crippen molar-refractivity contribution in [1.29, 1.82) is 0 Å². The Morgan fingerprint density at radius 1 is 1.34 bits per heavy atom. The average molecular weight is 396 g/mol. The summed E-state index contributed by atoms with van der Waals surface area (Å²) in [7, 11) is 0. The number of para-hydroxylation sites is 1. The minimum absolute atomic E-state index is 0.0713. The van der Waals surface area contributed by atoms with E-state index in [0.717, 1.165) is 41.5 Å². The van der Waals surface area contributed by atoms with Crippen molar-refractivity contribution in [3.8, 4) is 0 Å². The molecule has 1 fully saturated rings. The number of pyridine rings is 1. The van der Waals surface area contributed by atoms with E-state index in [9.17, 15) is 4.79 Å². The van der Waals surface area contributed by atoms with Gasteiger partial charge < -0.3 is 9.64 Å². The van der Waals surface area contributed by atoms with Crippen LogP contribution in [-0.4, -0.2) is 50.1 Å². The smallest absolute Gasteiger partial charge is 0.223 e. The second-order valence-corrected chi connectivity index (χ2v) is 9.24. The minimum Gasteiger partial charge on any atom is -0.376 e. The normalized spacial score (nSPS) is 17.3. The number of hydrogen-bond donors (Lipinski definition) is 0. The van der Waals surface area contributed by atoms with Gasteiger partial charge in [0.15, 0.2) is 5.65 Å². The van der Waals surface area contributed by atoms with Crippen molar-refractivity contribution in [2.75, 3.05) is 13.2 Å². The van der Waals surface area contributed by atoms with E-state index >= 15 is 0 Å². The predicted octanol–water partition coefficient (Wildman–Crippen LogP) is 3.53. The summed E-state index contributed by atoms with van der Waals surface area (Å²) in [4.78, 5) is 15.1. The lowest BCUT2D eigenvalue weighted by Crippen LogP contribution is -2.38. The molecule has 1 atom stereocenters. The molecule has 1 unspecified atom stereocenters. The topological polar surface area (TPSA) is 72.6 Å². The molecule has 1 aliphatic heterocycles. The first kappa shape index (κ1) is 19.8. The first-order chi connectivity index (χ1) is 13.8. The van der Waals surface area contributed by atoms with Crippen molar-refractivity contribution >= 4 is 22.5 Å². The van der Waals surface area contributed by atoms with Gasteiger partial charge in [0.05, 0.1) is 11.6 Å². The number of carbonyl (C=O) groups is 1. The number of aromatic nitrogens is 4. The van der Waals surface area contributed by atoms with Crippen molar-refractivity contribution in [2.45, 2.75) is 59.6 Å². The van der Waals surface area contributed by atoms with Gasteiger partial charge in [-0.25, -0.2) is 0 Å². The van der Waals surface area contributed by atoms with E-state index < -0.39 is 0 Å². The van der Waals surface area contributed by atoms with E-state index in [1.807, 2.05) is 11.0 Å². The van der Waals surface area contributed by atoms with Crippen LogP contribution in [-0.2, 0) is 16.1 Å². The van der Waals surface area contributed by atoms with E-state index in [-0.39, 0.29) is 17.4 Å². The summed E-state index contributed by atoms with van der Waals surface area (Å²) in [6.07, 6.45) is 2.65. The van der Waals surface area contributed by atoms with Gasteiger partial charge in [-0.1, -0.05) is 39.0 Å². The van der Waals surface area contributed by atoms with Gasteiger partial charge in [-0.2, -0.15) is 4.52 Å². The number of carbonyl (C=O) groups excluding carboxylic acids is 1. The Hall–Kier alpha value is -2.54. The lowest BCUT2D eigenvalue weighted by molar-refractivity contribution is -0.135. The lowest BCUT2D eigenvalue weighted by Gasteiger charge is -2.29. The van der Waals surface area contributed by atoms with Gasteiger partial charge in [-0.3, -0.25) is 4.79 Å². The summed E-state index contributed by atoms with van der Waals surface area (Å²) in [5.74, 6) is 0.142. The van der Waals surface area contributed by atoms with Gasteiger partial charge in [-0.15, -0.1) is 5.10 Å². The molecular weight excluding hydrogens is 366 g/mol. The summed E-state index contributed by atoms with van der Waals surface area (Å²) >= 11 is 0. The van der Waals surface area contributed by atoms with Crippen molar-refractivity contribution < 1.29 is 9.53 Å². The summed E-state index contributed by atoms with van der Waals surface area (Å²) in [6.45, 7) is 10.2. The first-order valence-corrected chi connectivity index (χ1v) is 10.3. The zero-order chi connectivity index (χ0) is 20.6. The SMILES string of the molecule is Cc1cccc2cc(CN(CC3CCCO3)C(=O)CC(C)(C)C)c3nnnn3c12. The molecule has 0 spiro atoms. The molecule has 0 bridgehead atoms. The summed E-state index contributed by atoms with van der Waals surface area (Å²) in [5.41, 5.74) is 3.70. The van der Waals surface area contributed by atoms with E-state index in [4.69, 9.17) is 4.74 Å². The Morgan fingerprint density at radius 3 is 2.90 bits per heavy atom. The molecule has 3 heterocycles. The zero-order valence-electron chi connectivity index (χ0n) is 17.7. The monoisotopic (exact) mass is 395 g/mol. The Morgan fingerprint density at radius 2 is 2.17 bits per heavy atom. The molecule has 7 nitrogen and oxygen atoms in total. The molecule has 0 aliphatic carbocycles. The number of hydrogen-bond acceptors (Lipinski definition) is 5. The van der Waals surface area contributed by atoms with Crippen LogP contribution in [0.4, 0.5) is 0 Å². The molecule has 29 heavy (non-hydrogen) atoms. The largest absolute Gasteiger partial charge is 0.376 e. The van der Waals surface area contributed by atoms with Gasteiger partial charge in [0.25, 0.3) is 0 Å². The molecule has 4 rings (SSSR count). The number of aryl methyl sites for hydroxylation is 1. The highest BCUT2D eigenvalue weighted by molar-refractivity contribution is 5.86. The Balaban J connectivity index is 1.71. The number of fused-ring (bicyclic) bond motifs is 3. The molecule has 7 heteroatoms. The number of nitrogens with zero attached hydrogens (tertiary/aromatic N) is 5. The molecule has 1 amide bonds. The maximum atomic E-state index is 13.2. The second kappa shape index (κ2) is 7.71. The van der Waals surface area contributed by atoms with Gasteiger partial charge >= 0.3 is 0 Å². The van der Waals surface area contributed by atoms with E-state index in [2.05, 4.69) is 61.4 Å². The Kier molecular flexibility index (Phi) is 5.25. The highest BCUT2D eigenvalue weighted by Gasteiger charge is 2.27. The van der Waals surface area contributed by atoms with Crippen LogP contribution in [0.1, 0.15) is 51.2 Å². The molecule has 0 radical (unpaired) electrons. The molecule has 1 aromatic carbocycles. The van der Waals surface area contributed by atoms with Crippen LogP contribution < -0.4 is 0 Å². The fourth-order valence-corrected chi connectivity index (χ4v) is 4.05. The minimum atomic E-state index is -0.0713. The Labute approximate surface area is 171 Å². The third-order valence-corrected chi connectivity index (χ3v) is 5.41. The third-order valence-electron chi connectivity index (χ3n) is 5.41. The maximum Gasteiger partial charge on any atom is 0.223 e. The van der Waals surface area contributed by atoms with Crippen molar-refractivity contribution in [3.63, 3.8) is 0 Å². The molecule has 1 aliphatic rings. The van der Waals surface area contributed by atoms with E-state index in [0.29, 0.717) is 25.2 Å². The van der Waals surface area contributed by atoms with Crippen LogP contribution in [0.5, 0.6) is 0 Å². The van der Waals surface area contributed by atoms with E-state index in [1.165, 1.54) is 0 Å². The van der Waals surface area contributed by atoms with Crippen LogP contribution in [0, 0.1) is 12.3 Å². The first-order valence-electron chi connectivity index (χ1n) is 10.3. The van der Waals surface area contributed by atoms with Gasteiger partial charge in [0.1, 0.15) is 0 Å². The van der Waals surface area contributed by atoms with E-state index in [1.54, 1.807) is 4.52 Å². The van der Waals surface area contributed by atoms with Crippen molar-refractivity contribution in [1.82, 2.24) is 24.9 Å². The van der Waals surface area contributed by atoms with Crippen LogP contribution in [0.3, 0.4) is 0 Å². The number of rotatable bonds is 5. The summed E-state index contributed by atoms with van der Waals surface area (Å²) in [6, 6.07) is 8.27. The molecule has 1 saturated heterocycles. The molecule has 154 valence electrons. The second-order valence-electron chi connectivity index (χ2n) is 9.24. The van der Waals surface area contributed by atoms with Gasteiger partial charge in [0, 0.05) is 37.1 Å². The average Bonchev–Trinajstić information content (AvgIpc) is 3.31. The van der Waals surface area contributed by atoms with Gasteiger partial charge in [0.2, 0.25) is 5.91 Å². The van der Waals surface area contributed by atoms with Crippen LogP contribution >= 0.6 is 0 Å². The van der Waals surface area contributed by atoms with Crippen LogP contribution in [0.25, 0.3) is 16.6 Å². The number of amides is 1. The fraction of sp³-hybridized carbons (Fsp3) is 0.545. The molecular formula is C22H29N5O2. The molecule has 0 saturated carbocycles. The van der Waals surface area contributed by atoms with Crippen molar-refractivity contribution in [3.05, 3.63) is 35.4 Å². The zero-order valence-corrected chi connectivity index (χ0v) is 17.7. The lowest BCUT2D eigenvalue weighted by atomic mass is 9.91. The van der Waals surface area contributed by atoms with Crippen LogP contribution in [0.15, 0.2) is 24.3 Å². The third kappa shape index (κ3) is 4.24. The summed E-state index contributed by atoms with van der Waals surface area (Å²) in [5, 5.41) is 13.4. The number of ether oxygens (including phenoxy) is 1. The molecule has 0 N–H and O–H groups in total. The fourth-order valence-electron chi connectivity index (χ4n) is 4.05. The molecule has 3 aromatic rings. The maximum absolute atomic E-state index is 13.2. The van der Waals surface area contributed by atoms with Gasteiger partial charge in [-0.05, 0) is 47.2 Å². The standard InChI is InChI=1S/C22H29N5O2/c1-15-7-5-8-16-11-17(21-23-24-25-27(21)20(15)16)13-26(14-18-9-6-10-29-18)19(28)12-22(2,3)4/h5,7-8,11,18H,6,9-10,12-14H2,1-4H3. The predicted molar refractivity (Wildman–Crippen MR) is 111 cm³/mol. The van der Waals surface area contributed by atoms with Crippen LogP contribution in [0.2, 0.25) is 0 Å². The highest BCUT2D eigenvalue weighted by Crippen LogP contribution is 2.26. The highest BCUT2D eigenvalue weighted by atomic mass is 16.5. The quantitative estimate of drug-likeness (QED) is 0.661. The Bertz CT molecular complexity index is 1030. The van der Waals surface area contributed by atoms with Crippen molar-refractivity contribution in [2.24, 2.45) is 5.41 Å². The number of tetrazole rings is 1.